The maximum atomic E-state index is 10.9. The Morgan fingerprint density at radius 1 is 1.00 bits per heavy atom. The first-order chi connectivity index (χ1) is 10.7. The standard InChI is InChI=1S/C19H23NO2/c1-22-18-9-7-16(8-10-18)15-20-13-11-19(21,12-14-20)17-5-3-2-4-6-17/h2-10,21H,11-15H2,1H3. The lowest BCUT2D eigenvalue weighted by atomic mass is 9.84. The summed E-state index contributed by atoms with van der Waals surface area (Å²) in [6.07, 6.45) is 1.57. The number of hydrogen-bond donors (Lipinski definition) is 1. The molecule has 22 heavy (non-hydrogen) atoms. The summed E-state index contributed by atoms with van der Waals surface area (Å²) in [5, 5.41) is 10.9. The van der Waals surface area contributed by atoms with Gasteiger partial charge in [-0.05, 0) is 36.1 Å². The Kier molecular flexibility index (Phi) is 4.46. The molecule has 0 atom stereocenters. The molecule has 0 amide bonds. The van der Waals surface area contributed by atoms with E-state index in [1.807, 2.05) is 42.5 Å². The van der Waals surface area contributed by atoms with Crippen molar-refractivity contribution >= 4 is 0 Å². The van der Waals surface area contributed by atoms with E-state index in [-0.39, 0.29) is 0 Å². The van der Waals surface area contributed by atoms with Crippen molar-refractivity contribution in [1.29, 1.82) is 0 Å². The third kappa shape index (κ3) is 3.32. The van der Waals surface area contributed by atoms with Crippen LogP contribution in [0.4, 0.5) is 0 Å². The second kappa shape index (κ2) is 6.51. The van der Waals surface area contributed by atoms with Crippen LogP contribution in [0.2, 0.25) is 0 Å². The van der Waals surface area contributed by atoms with Gasteiger partial charge in [0.05, 0.1) is 12.7 Å². The predicted molar refractivity (Wildman–Crippen MR) is 87.8 cm³/mol. The van der Waals surface area contributed by atoms with Crippen LogP contribution in [0, 0.1) is 0 Å². The molecule has 1 aliphatic heterocycles. The van der Waals surface area contributed by atoms with Crippen molar-refractivity contribution in [1.82, 2.24) is 4.90 Å². The zero-order valence-electron chi connectivity index (χ0n) is 13.0. The lowest BCUT2D eigenvalue weighted by Crippen LogP contribution is -2.42. The van der Waals surface area contributed by atoms with Crippen LogP contribution >= 0.6 is 0 Å². The molecular weight excluding hydrogens is 274 g/mol. The highest BCUT2D eigenvalue weighted by Gasteiger charge is 2.33. The van der Waals surface area contributed by atoms with Gasteiger partial charge in [0.2, 0.25) is 0 Å². The minimum Gasteiger partial charge on any atom is -0.497 e. The Balaban J connectivity index is 1.59. The van der Waals surface area contributed by atoms with E-state index in [4.69, 9.17) is 4.74 Å². The summed E-state index contributed by atoms with van der Waals surface area (Å²) in [6, 6.07) is 18.3. The average Bonchev–Trinajstić information content (AvgIpc) is 2.59. The molecule has 1 aliphatic rings. The highest BCUT2D eigenvalue weighted by Crippen LogP contribution is 2.33. The molecule has 0 saturated carbocycles. The van der Waals surface area contributed by atoms with Crippen LogP contribution in [0.5, 0.6) is 5.75 Å². The highest BCUT2D eigenvalue weighted by molar-refractivity contribution is 5.27. The molecule has 2 aromatic carbocycles. The van der Waals surface area contributed by atoms with E-state index in [0.29, 0.717) is 0 Å². The molecule has 1 saturated heterocycles. The normalized spacial score (nSPS) is 18.1. The molecule has 2 aromatic rings. The van der Waals surface area contributed by atoms with E-state index in [1.54, 1.807) is 7.11 Å². The number of ether oxygens (including phenoxy) is 1. The molecule has 3 nitrogen and oxygen atoms in total. The molecule has 1 fully saturated rings. The maximum Gasteiger partial charge on any atom is 0.118 e. The van der Waals surface area contributed by atoms with Gasteiger partial charge in [0.15, 0.2) is 0 Å². The molecule has 0 aliphatic carbocycles. The number of nitrogens with zero attached hydrogens (tertiary/aromatic N) is 1. The van der Waals surface area contributed by atoms with Crippen molar-refractivity contribution in [2.45, 2.75) is 25.0 Å². The minimum absolute atomic E-state index is 0.669. The quantitative estimate of drug-likeness (QED) is 0.941. The number of aliphatic hydroxyl groups is 1. The van der Waals surface area contributed by atoms with Crippen LogP contribution in [-0.4, -0.2) is 30.2 Å². The van der Waals surface area contributed by atoms with Crippen LogP contribution in [0.1, 0.15) is 24.0 Å². The van der Waals surface area contributed by atoms with Gasteiger partial charge < -0.3 is 9.84 Å². The summed E-state index contributed by atoms with van der Waals surface area (Å²) in [5.74, 6) is 0.890. The van der Waals surface area contributed by atoms with Crippen LogP contribution in [0.25, 0.3) is 0 Å². The predicted octanol–water partition coefficient (Wildman–Crippen LogP) is 3.18. The number of piperidine rings is 1. The zero-order chi connectivity index (χ0) is 15.4. The first kappa shape index (κ1) is 15.1. The van der Waals surface area contributed by atoms with E-state index >= 15 is 0 Å². The molecule has 116 valence electrons. The van der Waals surface area contributed by atoms with Crippen molar-refractivity contribution in [2.24, 2.45) is 0 Å². The van der Waals surface area contributed by atoms with E-state index < -0.39 is 5.60 Å². The summed E-state index contributed by atoms with van der Waals surface area (Å²) < 4.78 is 5.19. The zero-order valence-corrected chi connectivity index (χ0v) is 13.0. The molecule has 1 heterocycles. The van der Waals surface area contributed by atoms with Gasteiger partial charge >= 0.3 is 0 Å². The lowest BCUT2D eigenvalue weighted by Gasteiger charge is -2.38. The first-order valence-corrected chi connectivity index (χ1v) is 7.83. The van der Waals surface area contributed by atoms with Gasteiger partial charge in [0.25, 0.3) is 0 Å². The summed E-state index contributed by atoms with van der Waals surface area (Å²) >= 11 is 0. The van der Waals surface area contributed by atoms with Crippen molar-refractivity contribution in [2.75, 3.05) is 20.2 Å². The number of benzene rings is 2. The molecule has 0 unspecified atom stereocenters. The maximum absolute atomic E-state index is 10.9. The van der Waals surface area contributed by atoms with Gasteiger partial charge in [-0.15, -0.1) is 0 Å². The molecule has 1 N–H and O–H groups in total. The van der Waals surface area contributed by atoms with Crippen molar-refractivity contribution in [3.63, 3.8) is 0 Å². The first-order valence-electron chi connectivity index (χ1n) is 7.83. The Morgan fingerprint density at radius 2 is 1.64 bits per heavy atom. The van der Waals surface area contributed by atoms with Gasteiger partial charge in [-0.2, -0.15) is 0 Å². The fourth-order valence-corrected chi connectivity index (χ4v) is 3.11. The van der Waals surface area contributed by atoms with Gasteiger partial charge in [0.1, 0.15) is 5.75 Å². The average molecular weight is 297 g/mol. The number of likely N-dealkylation sites (tertiary alicyclic amines) is 1. The third-order valence-electron chi connectivity index (χ3n) is 4.56. The van der Waals surface area contributed by atoms with E-state index in [1.165, 1.54) is 5.56 Å². The molecule has 0 bridgehead atoms. The second-order valence-corrected chi connectivity index (χ2v) is 6.02. The number of methoxy groups -OCH3 is 1. The highest BCUT2D eigenvalue weighted by atomic mass is 16.5. The van der Waals surface area contributed by atoms with Crippen LogP contribution in [0.15, 0.2) is 54.6 Å². The van der Waals surface area contributed by atoms with Crippen molar-refractivity contribution in [3.05, 3.63) is 65.7 Å². The van der Waals surface area contributed by atoms with Gasteiger partial charge in [-0.25, -0.2) is 0 Å². The Morgan fingerprint density at radius 3 is 2.23 bits per heavy atom. The number of rotatable bonds is 4. The smallest absolute Gasteiger partial charge is 0.118 e. The second-order valence-electron chi connectivity index (χ2n) is 6.02. The fraction of sp³-hybridized carbons (Fsp3) is 0.368. The summed E-state index contributed by atoms with van der Waals surface area (Å²) in [4.78, 5) is 2.40. The van der Waals surface area contributed by atoms with Crippen molar-refractivity contribution < 1.29 is 9.84 Å². The van der Waals surface area contributed by atoms with E-state index in [2.05, 4.69) is 17.0 Å². The Hall–Kier alpha value is -1.84. The third-order valence-corrected chi connectivity index (χ3v) is 4.56. The van der Waals surface area contributed by atoms with Gasteiger partial charge in [0, 0.05) is 19.6 Å². The summed E-state index contributed by atoms with van der Waals surface area (Å²) in [7, 11) is 1.68. The van der Waals surface area contributed by atoms with E-state index in [9.17, 15) is 5.11 Å². The SMILES string of the molecule is COc1ccc(CN2CCC(O)(c3ccccc3)CC2)cc1. The Labute approximate surface area is 132 Å². The summed E-state index contributed by atoms with van der Waals surface area (Å²) in [5.41, 5.74) is 1.66. The fourth-order valence-electron chi connectivity index (χ4n) is 3.11. The van der Waals surface area contributed by atoms with E-state index in [0.717, 1.165) is 43.8 Å². The topological polar surface area (TPSA) is 32.7 Å². The van der Waals surface area contributed by atoms with Crippen molar-refractivity contribution in [3.8, 4) is 5.75 Å². The van der Waals surface area contributed by atoms with Gasteiger partial charge in [-0.1, -0.05) is 42.5 Å². The molecule has 3 rings (SSSR count). The molecule has 0 spiro atoms. The molecular formula is C19H23NO2. The molecule has 0 radical (unpaired) electrons. The van der Waals surface area contributed by atoms with Crippen LogP contribution in [0.3, 0.4) is 0 Å². The molecule has 0 aromatic heterocycles. The van der Waals surface area contributed by atoms with Crippen LogP contribution in [-0.2, 0) is 12.1 Å². The monoisotopic (exact) mass is 297 g/mol. The summed E-state index contributed by atoms with van der Waals surface area (Å²) in [6.45, 7) is 2.75. The largest absolute Gasteiger partial charge is 0.497 e. The number of hydrogen-bond acceptors (Lipinski definition) is 3. The van der Waals surface area contributed by atoms with Gasteiger partial charge in [-0.3, -0.25) is 4.90 Å². The minimum atomic E-state index is -0.669. The Bertz CT molecular complexity index is 587. The lowest BCUT2D eigenvalue weighted by molar-refractivity contribution is -0.0277. The van der Waals surface area contributed by atoms with Crippen LogP contribution < -0.4 is 4.74 Å². The molecule has 3 heteroatoms.